The highest BCUT2D eigenvalue weighted by atomic mass is 32.1. The summed E-state index contributed by atoms with van der Waals surface area (Å²) in [6.45, 7) is 1.92. The van der Waals surface area contributed by atoms with E-state index in [4.69, 9.17) is 9.47 Å². The number of hydrogen-bond donors (Lipinski definition) is 1. The van der Waals surface area contributed by atoms with Crippen LogP contribution in [0.3, 0.4) is 0 Å². The van der Waals surface area contributed by atoms with Crippen molar-refractivity contribution in [2.24, 2.45) is 0 Å². The zero-order chi connectivity index (χ0) is 14.5. The van der Waals surface area contributed by atoms with E-state index in [1.165, 1.54) is 11.3 Å². The van der Waals surface area contributed by atoms with Crippen LogP contribution in [0, 0.1) is 0 Å². The number of rotatable bonds is 5. The topological polar surface area (TPSA) is 47.6 Å². The monoisotopic (exact) mass is 291 g/mol. The first-order chi connectivity index (χ1) is 9.65. The molecule has 0 aliphatic heterocycles. The van der Waals surface area contributed by atoms with Gasteiger partial charge in [-0.2, -0.15) is 0 Å². The molecule has 1 N–H and O–H groups in total. The van der Waals surface area contributed by atoms with E-state index in [-0.39, 0.29) is 11.9 Å². The van der Waals surface area contributed by atoms with Crippen LogP contribution in [-0.4, -0.2) is 20.1 Å². The fraction of sp³-hybridized carbons (Fsp3) is 0.267. The van der Waals surface area contributed by atoms with Crippen LogP contribution in [0.15, 0.2) is 35.7 Å². The van der Waals surface area contributed by atoms with Crippen LogP contribution in [-0.2, 0) is 0 Å². The Balaban J connectivity index is 2.19. The van der Waals surface area contributed by atoms with Crippen LogP contribution < -0.4 is 14.8 Å². The summed E-state index contributed by atoms with van der Waals surface area (Å²) in [6, 6.07) is 9.03. The van der Waals surface area contributed by atoms with Crippen molar-refractivity contribution < 1.29 is 14.3 Å². The van der Waals surface area contributed by atoms with Gasteiger partial charge in [0.05, 0.1) is 25.1 Å². The van der Waals surface area contributed by atoms with E-state index >= 15 is 0 Å². The van der Waals surface area contributed by atoms with Gasteiger partial charge in [-0.15, -0.1) is 11.3 Å². The number of carbonyl (C=O) groups is 1. The third-order valence-electron chi connectivity index (χ3n) is 3.00. The average molecular weight is 291 g/mol. The second-order valence-corrected chi connectivity index (χ2v) is 5.23. The van der Waals surface area contributed by atoms with Gasteiger partial charge < -0.3 is 14.8 Å². The summed E-state index contributed by atoms with van der Waals surface area (Å²) >= 11 is 1.42. The number of methoxy groups -OCH3 is 2. The standard InChI is InChI=1S/C15H17NO3S/c1-10(16-15(17)14-5-4-8-20-14)12-9-11(18-2)6-7-13(12)19-3/h4-10H,1-3H3,(H,16,17). The van der Waals surface area contributed by atoms with Gasteiger partial charge in [-0.3, -0.25) is 4.79 Å². The van der Waals surface area contributed by atoms with E-state index in [0.29, 0.717) is 4.88 Å². The van der Waals surface area contributed by atoms with Gasteiger partial charge in [0.2, 0.25) is 0 Å². The average Bonchev–Trinajstić information content (AvgIpc) is 3.00. The van der Waals surface area contributed by atoms with Crippen molar-refractivity contribution in [1.29, 1.82) is 0 Å². The van der Waals surface area contributed by atoms with Gasteiger partial charge in [0.1, 0.15) is 11.5 Å². The first kappa shape index (κ1) is 14.4. The lowest BCUT2D eigenvalue weighted by Gasteiger charge is -2.17. The van der Waals surface area contributed by atoms with E-state index in [1.54, 1.807) is 20.3 Å². The van der Waals surface area contributed by atoms with Crippen LogP contribution in [0.5, 0.6) is 11.5 Å². The van der Waals surface area contributed by atoms with Gasteiger partial charge >= 0.3 is 0 Å². The van der Waals surface area contributed by atoms with Gasteiger partial charge in [0.15, 0.2) is 0 Å². The Bertz CT molecular complexity index is 581. The molecule has 1 amide bonds. The summed E-state index contributed by atoms with van der Waals surface area (Å²) in [5.74, 6) is 1.38. The number of carbonyl (C=O) groups excluding carboxylic acids is 1. The largest absolute Gasteiger partial charge is 0.497 e. The summed E-state index contributed by atoms with van der Waals surface area (Å²) < 4.78 is 10.5. The molecule has 2 rings (SSSR count). The van der Waals surface area contributed by atoms with E-state index in [9.17, 15) is 4.79 Å². The van der Waals surface area contributed by atoms with Crippen molar-refractivity contribution in [2.45, 2.75) is 13.0 Å². The normalized spacial score (nSPS) is 11.8. The third kappa shape index (κ3) is 3.11. The van der Waals surface area contributed by atoms with Crippen molar-refractivity contribution >= 4 is 17.2 Å². The van der Waals surface area contributed by atoms with E-state index in [2.05, 4.69) is 5.32 Å². The third-order valence-corrected chi connectivity index (χ3v) is 3.86. The highest BCUT2D eigenvalue weighted by Gasteiger charge is 2.16. The van der Waals surface area contributed by atoms with Crippen molar-refractivity contribution in [3.8, 4) is 11.5 Å². The summed E-state index contributed by atoms with van der Waals surface area (Å²) in [6.07, 6.45) is 0. The zero-order valence-corrected chi connectivity index (χ0v) is 12.5. The smallest absolute Gasteiger partial charge is 0.261 e. The summed E-state index contributed by atoms with van der Waals surface area (Å²) in [5.41, 5.74) is 0.886. The van der Waals surface area contributed by atoms with Crippen LogP contribution >= 0.6 is 11.3 Å². The maximum absolute atomic E-state index is 12.1. The molecule has 106 valence electrons. The lowest BCUT2D eigenvalue weighted by Crippen LogP contribution is -2.26. The molecule has 0 radical (unpaired) electrons. The van der Waals surface area contributed by atoms with Crippen LogP contribution in [0.1, 0.15) is 28.2 Å². The molecular weight excluding hydrogens is 274 g/mol. The van der Waals surface area contributed by atoms with Crippen molar-refractivity contribution in [3.05, 3.63) is 46.2 Å². The number of thiophene rings is 1. The molecule has 2 aromatic rings. The highest BCUT2D eigenvalue weighted by Crippen LogP contribution is 2.29. The van der Waals surface area contributed by atoms with Gasteiger partial charge in [-0.1, -0.05) is 6.07 Å². The van der Waals surface area contributed by atoms with E-state index in [1.807, 2.05) is 36.6 Å². The Morgan fingerprint density at radius 3 is 2.65 bits per heavy atom. The maximum Gasteiger partial charge on any atom is 0.261 e. The molecule has 0 saturated heterocycles. The SMILES string of the molecule is COc1ccc(OC)c(C(C)NC(=O)c2cccs2)c1. The first-order valence-corrected chi connectivity index (χ1v) is 7.10. The molecule has 4 nitrogen and oxygen atoms in total. The first-order valence-electron chi connectivity index (χ1n) is 6.22. The van der Waals surface area contributed by atoms with Crippen molar-refractivity contribution in [1.82, 2.24) is 5.32 Å². The quantitative estimate of drug-likeness (QED) is 0.920. The maximum atomic E-state index is 12.1. The Labute approximate surface area is 122 Å². The molecule has 0 saturated carbocycles. The molecule has 0 aliphatic rings. The van der Waals surface area contributed by atoms with Gasteiger partial charge in [-0.25, -0.2) is 0 Å². The Kier molecular flexibility index (Phi) is 4.63. The van der Waals surface area contributed by atoms with Crippen LogP contribution in [0.2, 0.25) is 0 Å². The van der Waals surface area contributed by atoms with Crippen LogP contribution in [0.4, 0.5) is 0 Å². The van der Waals surface area contributed by atoms with Crippen molar-refractivity contribution in [3.63, 3.8) is 0 Å². The predicted octanol–water partition coefficient (Wildman–Crippen LogP) is 3.26. The number of ether oxygens (including phenoxy) is 2. The fourth-order valence-electron chi connectivity index (χ4n) is 1.93. The molecule has 0 fully saturated rings. The second-order valence-electron chi connectivity index (χ2n) is 4.28. The summed E-state index contributed by atoms with van der Waals surface area (Å²) in [5, 5.41) is 4.84. The highest BCUT2D eigenvalue weighted by molar-refractivity contribution is 7.12. The second kappa shape index (κ2) is 6.43. The fourth-order valence-corrected chi connectivity index (χ4v) is 2.56. The van der Waals surface area contributed by atoms with Gasteiger partial charge in [0.25, 0.3) is 5.91 Å². The molecule has 0 bridgehead atoms. The number of hydrogen-bond acceptors (Lipinski definition) is 4. The Hall–Kier alpha value is -2.01. The van der Waals surface area contributed by atoms with Crippen LogP contribution in [0.25, 0.3) is 0 Å². The minimum atomic E-state index is -0.172. The number of amides is 1. The van der Waals surface area contributed by atoms with E-state index < -0.39 is 0 Å². The molecule has 1 heterocycles. The molecule has 1 aromatic heterocycles. The number of nitrogens with one attached hydrogen (secondary N) is 1. The molecule has 1 unspecified atom stereocenters. The minimum absolute atomic E-state index is 0.0858. The molecule has 20 heavy (non-hydrogen) atoms. The summed E-state index contributed by atoms with van der Waals surface area (Å²) in [4.78, 5) is 12.8. The van der Waals surface area contributed by atoms with E-state index in [0.717, 1.165) is 17.1 Å². The van der Waals surface area contributed by atoms with Crippen molar-refractivity contribution in [2.75, 3.05) is 14.2 Å². The zero-order valence-electron chi connectivity index (χ0n) is 11.7. The minimum Gasteiger partial charge on any atom is -0.497 e. The molecular formula is C15H17NO3S. The molecule has 1 aromatic carbocycles. The van der Waals surface area contributed by atoms with Gasteiger partial charge in [0, 0.05) is 5.56 Å². The van der Waals surface area contributed by atoms with Gasteiger partial charge in [-0.05, 0) is 36.6 Å². The lowest BCUT2D eigenvalue weighted by molar-refractivity contribution is 0.0943. The summed E-state index contributed by atoms with van der Waals surface area (Å²) in [7, 11) is 3.22. The molecule has 0 aliphatic carbocycles. The Morgan fingerprint density at radius 1 is 1.25 bits per heavy atom. The lowest BCUT2D eigenvalue weighted by atomic mass is 10.1. The Morgan fingerprint density at radius 2 is 2.05 bits per heavy atom. The number of benzene rings is 1. The predicted molar refractivity (Wildman–Crippen MR) is 79.7 cm³/mol. The molecule has 1 atom stereocenters. The molecule has 0 spiro atoms. The molecule has 5 heteroatoms.